The molecule has 6 nitrogen and oxygen atoms in total. The van der Waals surface area contributed by atoms with E-state index in [2.05, 4.69) is 22.1 Å². The zero-order valence-electron chi connectivity index (χ0n) is 19.2. The molecule has 2 aromatic carbocycles. The number of carbonyl (C=O) groups is 1. The lowest BCUT2D eigenvalue weighted by atomic mass is 10.1. The van der Waals surface area contributed by atoms with Crippen molar-refractivity contribution in [1.29, 1.82) is 0 Å². The number of fused-ring (bicyclic) bond motifs is 1. The van der Waals surface area contributed by atoms with Crippen LogP contribution in [0, 0.1) is 17.7 Å². The maximum absolute atomic E-state index is 15.1. The molecule has 0 saturated heterocycles. The number of nitrogens with one attached hydrogen (secondary N) is 1. The fourth-order valence-electron chi connectivity index (χ4n) is 3.71. The minimum Gasteiger partial charge on any atom is -0.384 e. The fraction of sp³-hybridized carbons (Fsp3) is 0.308. The van der Waals surface area contributed by atoms with E-state index in [0.717, 1.165) is 18.7 Å². The first-order valence-electron chi connectivity index (χ1n) is 11.1. The second kappa shape index (κ2) is 11.8. The zero-order valence-corrected chi connectivity index (χ0v) is 20.0. The highest BCUT2D eigenvalue weighted by molar-refractivity contribution is 6.30. The van der Waals surface area contributed by atoms with Gasteiger partial charge < -0.3 is 19.9 Å². The predicted molar refractivity (Wildman–Crippen MR) is 133 cm³/mol. The molecule has 0 saturated carbocycles. The van der Waals surface area contributed by atoms with Crippen molar-refractivity contribution in [1.82, 2.24) is 14.8 Å². The van der Waals surface area contributed by atoms with Gasteiger partial charge in [0.2, 0.25) is 5.43 Å². The summed E-state index contributed by atoms with van der Waals surface area (Å²) in [7, 11) is 0. The molecule has 178 valence electrons. The van der Waals surface area contributed by atoms with Gasteiger partial charge >= 0.3 is 0 Å². The first kappa shape index (κ1) is 25.4. The van der Waals surface area contributed by atoms with Gasteiger partial charge in [0.05, 0.1) is 10.9 Å². The molecular formula is C26H27ClFN3O3. The number of rotatable bonds is 8. The van der Waals surface area contributed by atoms with Gasteiger partial charge in [-0.05, 0) is 42.9 Å². The summed E-state index contributed by atoms with van der Waals surface area (Å²) in [6.07, 6.45) is 1.42. The Hall–Kier alpha value is -3.18. The van der Waals surface area contributed by atoms with E-state index in [1.165, 1.54) is 18.3 Å². The summed E-state index contributed by atoms with van der Waals surface area (Å²) in [5.74, 6) is 3.94. The molecule has 0 aliphatic rings. The standard InChI is InChI=1S/C26H27ClFN3O3/c1-3-30(4-2)11-12-31-17-22(26(34)29-16-18-7-9-20(27)10-8-18)25(33)21-14-19(6-5-13-32)15-23(28)24(21)31/h7-10,14-15,17,32H,3-4,11-13,16H2,1-2H3,(H,29,34). The topological polar surface area (TPSA) is 74.6 Å². The summed E-state index contributed by atoms with van der Waals surface area (Å²) >= 11 is 5.91. The molecule has 1 amide bonds. The van der Waals surface area contributed by atoms with Crippen LogP contribution in [0.15, 0.2) is 47.4 Å². The van der Waals surface area contributed by atoms with Gasteiger partial charge in [-0.15, -0.1) is 0 Å². The molecule has 0 atom stereocenters. The summed E-state index contributed by atoms with van der Waals surface area (Å²) in [4.78, 5) is 28.4. The van der Waals surface area contributed by atoms with E-state index in [1.54, 1.807) is 28.8 Å². The van der Waals surface area contributed by atoms with Crippen molar-refractivity contribution < 1.29 is 14.3 Å². The largest absolute Gasteiger partial charge is 0.384 e. The second-order valence-corrected chi connectivity index (χ2v) is 8.15. The second-order valence-electron chi connectivity index (χ2n) is 7.72. The number of carbonyl (C=O) groups excluding carboxylic acids is 1. The molecule has 0 aliphatic carbocycles. The zero-order chi connectivity index (χ0) is 24.7. The SMILES string of the molecule is CCN(CC)CCn1cc(C(=O)NCc2ccc(Cl)cc2)c(=O)c2cc(C#CCO)cc(F)c21. The van der Waals surface area contributed by atoms with Crippen molar-refractivity contribution in [2.24, 2.45) is 0 Å². The summed E-state index contributed by atoms with van der Waals surface area (Å²) in [6.45, 7) is 6.57. The molecule has 1 aromatic heterocycles. The van der Waals surface area contributed by atoms with Crippen LogP contribution >= 0.6 is 11.6 Å². The first-order valence-corrected chi connectivity index (χ1v) is 11.5. The minimum absolute atomic E-state index is 0.0703. The highest BCUT2D eigenvalue weighted by Gasteiger charge is 2.19. The normalized spacial score (nSPS) is 10.9. The van der Waals surface area contributed by atoms with E-state index in [9.17, 15) is 9.59 Å². The van der Waals surface area contributed by atoms with Crippen LogP contribution in [0.25, 0.3) is 10.9 Å². The molecule has 34 heavy (non-hydrogen) atoms. The molecule has 3 rings (SSSR count). The van der Waals surface area contributed by atoms with E-state index in [0.29, 0.717) is 18.1 Å². The molecule has 0 unspecified atom stereocenters. The Morgan fingerprint density at radius 2 is 1.91 bits per heavy atom. The maximum atomic E-state index is 15.1. The third-order valence-electron chi connectivity index (χ3n) is 5.60. The Balaban J connectivity index is 2.04. The lowest BCUT2D eigenvalue weighted by Gasteiger charge is -2.20. The Morgan fingerprint density at radius 1 is 1.21 bits per heavy atom. The Bertz CT molecular complexity index is 1290. The fourth-order valence-corrected chi connectivity index (χ4v) is 3.83. The van der Waals surface area contributed by atoms with Gasteiger partial charge in [0.1, 0.15) is 18.0 Å². The quantitative estimate of drug-likeness (QED) is 0.481. The summed E-state index contributed by atoms with van der Waals surface area (Å²) in [5, 5.41) is 12.4. The summed E-state index contributed by atoms with van der Waals surface area (Å²) < 4.78 is 16.7. The molecule has 2 N–H and O–H groups in total. The molecule has 0 radical (unpaired) electrons. The van der Waals surface area contributed by atoms with Crippen molar-refractivity contribution in [3.63, 3.8) is 0 Å². The molecular weight excluding hydrogens is 457 g/mol. The lowest BCUT2D eigenvalue weighted by molar-refractivity contribution is 0.0949. The van der Waals surface area contributed by atoms with Gasteiger partial charge in [-0.3, -0.25) is 9.59 Å². The Morgan fingerprint density at radius 3 is 2.56 bits per heavy atom. The first-order chi connectivity index (χ1) is 16.4. The van der Waals surface area contributed by atoms with Crippen molar-refractivity contribution in [3.05, 3.63) is 80.3 Å². The molecule has 3 aromatic rings. The van der Waals surface area contributed by atoms with Crippen LogP contribution in [-0.4, -0.2) is 46.7 Å². The number of aromatic nitrogens is 1. The number of likely N-dealkylation sites (N-methyl/N-ethyl adjacent to an activating group) is 1. The van der Waals surface area contributed by atoms with Gasteiger partial charge in [0, 0.05) is 36.4 Å². The number of nitrogens with zero attached hydrogens (tertiary/aromatic N) is 2. The monoisotopic (exact) mass is 483 g/mol. The van der Waals surface area contributed by atoms with E-state index in [1.807, 2.05) is 13.8 Å². The van der Waals surface area contributed by atoms with Gasteiger partial charge in [0.15, 0.2) is 0 Å². The number of aliphatic hydroxyl groups excluding tert-OH is 1. The molecule has 0 bridgehead atoms. The van der Waals surface area contributed by atoms with Crippen LogP contribution in [0.4, 0.5) is 4.39 Å². The smallest absolute Gasteiger partial charge is 0.257 e. The summed E-state index contributed by atoms with van der Waals surface area (Å²) in [5.41, 5.74) is 0.557. The number of benzene rings is 2. The highest BCUT2D eigenvalue weighted by atomic mass is 35.5. The number of amides is 1. The van der Waals surface area contributed by atoms with Gasteiger partial charge in [-0.25, -0.2) is 4.39 Å². The van der Waals surface area contributed by atoms with Gasteiger partial charge in [0.25, 0.3) is 5.91 Å². The van der Waals surface area contributed by atoms with Crippen molar-refractivity contribution in [3.8, 4) is 11.8 Å². The van der Waals surface area contributed by atoms with Crippen LogP contribution in [0.5, 0.6) is 0 Å². The van der Waals surface area contributed by atoms with Crippen molar-refractivity contribution >= 4 is 28.4 Å². The molecule has 8 heteroatoms. The number of aliphatic hydroxyl groups is 1. The van der Waals surface area contributed by atoms with Crippen molar-refractivity contribution in [2.75, 3.05) is 26.2 Å². The van der Waals surface area contributed by atoms with Gasteiger partial charge in [-0.1, -0.05) is 49.4 Å². The molecule has 0 aliphatic heterocycles. The van der Waals surface area contributed by atoms with Crippen LogP contribution < -0.4 is 10.7 Å². The Labute approximate surface area is 203 Å². The third-order valence-corrected chi connectivity index (χ3v) is 5.85. The lowest BCUT2D eigenvalue weighted by Crippen LogP contribution is -2.31. The number of pyridine rings is 1. The predicted octanol–water partition coefficient (Wildman–Crippen LogP) is 3.41. The average Bonchev–Trinajstić information content (AvgIpc) is 2.84. The Kier molecular flexibility index (Phi) is 8.83. The van der Waals surface area contributed by atoms with Gasteiger partial charge in [-0.2, -0.15) is 0 Å². The van der Waals surface area contributed by atoms with Crippen LogP contribution in [-0.2, 0) is 13.1 Å². The highest BCUT2D eigenvalue weighted by Crippen LogP contribution is 2.19. The van der Waals surface area contributed by atoms with Crippen LogP contribution in [0.1, 0.15) is 35.3 Å². The average molecular weight is 484 g/mol. The molecule has 0 fully saturated rings. The molecule has 1 heterocycles. The van der Waals surface area contributed by atoms with Crippen LogP contribution in [0.2, 0.25) is 5.02 Å². The van der Waals surface area contributed by atoms with Crippen LogP contribution in [0.3, 0.4) is 0 Å². The van der Waals surface area contributed by atoms with E-state index in [-0.39, 0.29) is 35.2 Å². The molecule has 0 spiro atoms. The van der Waals surface area contributed by atoms with E-state index < -0.39 is 17.2 Å². The van der Waals surface area contributed by atoms with E-state index >= 15 is 4.39 Å². The van der Waals surface area contributed by atoms with Crippen molar-refractivity contribution in [2.45, 2.75) is 26.9 Å². The third kappa shape index (κ3) is 6.03. The number of hydrogen-bond acceptors (Lipinski definition) is 4. The van der Waals surface area contributed by atoms with E-state index in [4.69, 9.17) is 16.7 Å². The minimum atomic E-state index is -0.607. The summed E-state index contributed by atoms with van der Waals surface area (Å²) in [6, 6.07) is 9.71. The number of halogens is 2. The maximum Gasteiger partial charge on any atom is 0.257 e. The number of hydrogen-bond donors (Lipinski definition) is 2.